The Bertz CT molecular complexity index is 529. The fourth-order valence-corrected chi connectivity index (χ4v) is 1.52. The Hall–Kier alpha value is -2.23. The third kappa shape index (κ3) is 8.10. The Balaban J connectivity index is 2.49. The van der Waals surface area contributed by atoms with Crippen LogP contribution < -0.4 is 15.5 Å². The van der Waals surface area contributed by atoms with E-state index in [1.165, 1.54) is 4.57 Å². The zero-order chi connectivity index (χ0) is 17.3. The van der Waals surface area contributed by atoms with Crippen molar-refractivity contribution < 1.29 is 39.3 Å². The number of amides is 1. The van der Waals surface area contributed by atoms with Crippen LogP contribution in [0.15, 0.2) is 24.5 Å². The minimum absolute atomic E-state index is 0.0708. The number of quaternary nitrogens is 1. The molecule has 1 rings (SSSR count). The summed E-state index contributed by atoms with van der Waals surface area (Å²) in [6, 6.07) is 3.28. The van der Waals surface area contributed by atoms with Crippen molar-refractivity contribution in [3.05, 3.63) is 30.1 Å². The van der Waals surface area contributed by atoms with Gasteiger partial charge < -0.3 is 14.8 Å². The maximum Gasteiger partial charge on any atom is 0.513 e. The Labute approximate surface area is 134 Å². The van der Waals surface area contributed by atoms with Gasteiger partial charge in [0.05, 0.1) is 0 Å². The summed E-state index contributed by atoms with van der Waals surface area (Å²) < 4.78 is 11.5. The molecule has 0 saturated heterocycles. The second-order valence-electron chi connectivity index (χ2n) is 5.58. The van der Waals surface area contributed by atoms with Crippen molar-refractivity contribution in [2.75, 3.05) is 13.2 Å². The number of hydrogen-bond donors (Lipinski definition) is 3. The van der Waals surface area contributed by atoms with Crippen LogP contribution in [0.4, 0.5) is 4.79 Å². The summed E-state index contributed by atoms with van der Waals surface area (Å²) in [6.07, 6.45) is 2.42. The van der Waals surface area contributed by atoms with Crippen LogP contribution in [0.1, 0.15) is 31.1 Å². The predicted molar refractivity (Wildman–Crippen MR) is 76.0 cm³/mol. The molecule has 23 heavy (non-hydrogen) atoms. The first kappa shape index (κ1) is 18.8. The molecule has 9 heteroatoms. The van der Waals surface area contributed by atoms with Crippen LogP contribution in [-0.4, -0.2) is 36.0 Å². The zero-order valence-corrected chi connectivity index (χ0v) is 13.4. The third-order valence-corrected chi connectivity index (χ3v) is 2.42. The highest BCUT2D eigenvalue weighted by Crippen LogP contribution is 2.07. The molecular formula is C14H23N3O6+2. The molecule has 9 nitrogen and oxygen atoms in total. The number of nitrogens with zero attached hydrogens (tertiary/aromatic N) is 1. The molecule has 0 spiro atoms. The molecule has 1 aromatic rings. The van der Waals surface area contributed by atoms with Gasteiger partial charge in [-0.2, -0.15) is 14.6 Å². The lowest BCUT2D eigenvalue weighted by atomic mass is 10.2. The number of nitrogens with one attached hydrogen (secondary N) is 1. The van der Waals surface area contributed by atoms with E-state index < -0.39 is 11.8 Å². The van der Waals surface area contributed by atoms with E-state index in [1.54, 1.807) is 45.3 Å². The minimum Gasteiger partial charge on any atom is -0.428 e. The first-order chi connectivity index (χ1) is 10.8. The molecule has 0 aliphatic carbocycles. The van der Waals surface area contributed by atoms with Gasteiger partial charge in [-0.1, -0.05) is 5.64 Å². The highest BCUT2D eigenvalue weighted by atomic mass is 16.8. The summed E-state index contributed by atoms with van der Waals surface area (Å²) in [4.78, 5) is 28.0. The van der Waals surface area contributed by atoms with E-state index in [-0.39, 0.29) is 25.8 Å². The van der Waals surface area contributed by atoms with Gasteiger partial charge in [0.2, 0.25) is 0 Å². The smallest absolute Gasteiger partial charge is 0.428 e. The van der Waals surface area contributed by atoms with Crippen molar-refractivity contribution in [1.29, 1.82) is 0 Å². The molecule has 1 aromatic heterocycles. The van der Waals surface area contributed by atoms with Gasteiger partial charge in [0.15, 0.2) is 12.4 Å². The van der Waals surface area contributed by atoms with Gasteiger partial charge in [0.25, 0.3) is 12.6 Å². The first-order valence-electron chi connectivity index (χ1n) is 7.02. The summed E-state index contributed by atoms with van der Waals surface area (Å²) in [7, 11) is 0. The highest BCUT2D eigenvalue weighted by molar-refractivity contribution is 5.93. The van der Waals surface area contributed by atoms with Crippen LogP contribution >= 0.6 is 0 Å². The maximum atomic E-state index is 11.9. The predicted octanol–water partition coefficient (Wildman–Crippen LogP) is -0.503. The van der Waals surface area contributed by atoms with Crippen molar-refractivity contribution >= 4 is 12.1 Å². The molecular weight excluding hydrogens is 306 g/mol. The van der Waals surface area contributed by atoms with Gasteiger partial charge >= 0.3 is 6.16 Å². The number of aromatic nitrogens is 1. The summed E-state index contributed by atoms with van der Waals surface area (Å²) in [5.41, 5.74) is 0.335. The molecule has 0 unspecified atom stereocenters. The Morgan fingerprint density at radius 2 is 2.13 bits per heavy atom. The normalized spacial score (nSPS) is 11.0. The maximum absolute atomic E-state index is 11.9. The Morgan fingerprint density at radius 3 is 2.78 bits per heavy atom. The molecule has 0 aliphatic rings. The molecule has 4 N–H and O–H groups in total. The lowest BCUT2D eigenvalue weighted by Crippen LogP contribution is -2.79. The number of rotatable bonds is 7. The molecule has 0 aromatic carbocycles. The summed E-state index contributed by atoms with van der Waals surface area (Å²) in [5.74, 6) is -0.307. The van der Waals surface area contributed by atoms with Crippen LogP contribution in [0.25, 0.3) is 0 Å². The van der Waals surface area contributed by atoms with Crippen molar-refractivity contribution in [2.24, 2.45) is 0 Å². The quantitative estimate of drug-likeness (QED) is 0.269. The summed E-state index contributed by atoms with van der Waals surface area (Å²) >= 11 is 0. The van der Waals surface area contributed by atoms with E-state index in [4.69, 9.17) is 14.7 Å². The molecule has 0 bridgehead atoms. The molecule has 1 heterocycles. The van der Waals surface area contributed by atoms with Crippen LogP contribution in [-0.2, 0) is 21.0 Å². The SMILES string of the molecule is CC(C)(C)OC(=O)OC[n+]1cccc(C(=O)NCCO[NH2+]O)c1. The van der Waals surface area contributed by atoms with E-state index in [1.807, 2.05) is 0 Å². The average Bonchev–Trinajstić information content (AvgIpc) is 2.48. The largest absolute Gasteiger partial charge is 0.513 e. The molecule has 0 aliphatic heterocycles. The van der Waals surface area contributed by atoms with Crippen LogP contribution in [0.2, 0.25) is 0 Å². The van der Waals surface area contributed by atoms with Crippen molar-refractivity contribution in [3.63, 3.8) is 0 Å². The van der Waals surface area contributed by atoms with Crippen molar-refractivity contribution in [1.82, 2.24) is 5.32 Å². The van der Waals surface area contributed by atoms with Gasteiger partial charge in [-0.3, -0.25) is 4.79 Å². The number of carbonyl (C=O) groups excluding carboxylic acids is 2. The number of pyridine rings is 1. The minimum atomic E-state index is -0.780. The monoisotopic (exact) mass is 329 g/mol. The van der Waals surface area contributed by atoms with Gasteiger partial charge in [-0.05, 0) is 26.8 Å². The lowest BCUT2D eigenvalue weighted by molar-refractivity contribution is -1.06. The van der Waals surface area contributed by atoms with Crippen LogP contribution in [0, 0.1) is 0 Å². The average molecular weight is 329 g/mol. The number of ether oxygens (including phenoxy) is 2. The van der Waals surface area contributed by atoms with Crippen LogP contribution in [0.3, 0.4) is 0 Å². The van der Waals surface area contributed by atoms with Gasteiger partial charge in [0.1, 0.15) is 17.8 Å². The van der Waals surface area contributed by atoms with Crippen molar-refractivity contribution in [3.8, 4) is 0 Å². The number of carbonyl (C=O) groups is 2. The Kier molecular flexibility index (Phi) is 7.39. The lowest BCUT2D eigenvalue weighted by Gasteiger charge is -2.17. The van der Waals surface area contributed by atoms with Gasteiger partial charge in [-0.15, -0.1) is 0 Å². The van der Waals surface area contributed by atoms with Gasteiger partial charge in [0, 0.05) is 12.6 Å². The van der Waals surface area contributed by atoms with Crippen molar-refractivity contribution in [2.45, 2.75) is 33.1 Å². The van der Waals surface area contributed by atoms with E-state index in [2.05, 4.69) is 10.2 Å². The fourth-order valence-electron chi connectivity index (χ4n) is 1.52. The Morgan fingerprint density at radius 1 is 1.39 bits per heavy atom. The van der Waals surface area contributed by atoms with Crippen LogP contribution in [0.5, 0.6) is 0 Å². The van der Waals surface area contributed by atoms with E-state index in [0.717, 1.165) is 0 Å². The van der Waals surface area contributed by atoms with E-state index in [9.17, 15) is 9.59 Å². The number of hydrogen-bond acceptors (Lipinski definition) is 6. The van der Waals surface area contributed by atoms with Gasteiger partial charge in [-0.25, -0.2) is 4.79 Å². The first-order valence-corrected chi connectivity index (χ1v) is 7.02. The molecule has 0 saturated carbocycles. The topological polar surface area (TPSA) is 115 Å². The molecule has 0 fully saturated rings. The zero-order valence-electron chi connectivity index (χ0n) is 13.4. The molecule has 128 valence electrons. The fraction of sp³-hybridized carbons (Fsp3) is 0.500. The van der Waals surface area contributed by atoms with E-state index >= 15 is 0 Å². The summed E-state index contributed by atoms with van der Waals surface area (Å²) in [5, 5.41) is 11.0. The third-order valence-electron chi connectivity index (χ3n) is 2.42. The second-order valence-corrected chi connectivity index (χ2v) is 5.58. The molecule has 0 radical (unpaired) electrons. The summed E-state index contributed by atoms with van der Waals surface area (Å²) in [6.45, 7) is 5.56. The van der Waals surface area contributed by atoms with E-state index in [0.29, 0.717) is 11.2 Å². The molecule has 0 atom stereocenters. The standard InChI is InChI=1S/C14H22N3O6/c1-14(2,3)23-13(19)21-10-17-7-4-5-11(9-17)12(18)15-6-8-22-16-20/h4-5,7,9,20H,6,8,10,16H2,1-3H3/q+1/p+1. The number of nitrogens with two attached hydrogens (primary N) is 1. The highest BCUT2D eigenvalue weighted by Gasteiger charge is 2.19. The molecule has 1 amide bonds. The second kappa shape index (κ2) is 9.03.